The maximum atomic E-state index is 13.8. The van der Waals surface area contributed by atoms with Crippen LogP contribution in [0.4, 0.5) is 14.6 Å². The van der Waals surface area contributed by atoms with Gasteiger partial charge in [0.15, 0.2) is 6.10 Å². The first-order valence-electron chi connectivity index (χ1n) is 5.51. The number of aromatic nitrogens is 2. The summed E-state index contributed by atoms with van der Waals surface area (Å²) in [5.74, 6) is -3.47. The lowest BCUT2D eigenvalue weighted by Crippen LogP contribution is -2.41. The molecule has 0 aliphatic carbocycles. The number of rotatable bonds is 3. The number of aliphatic hydroxyl groups is 2. The molecule has 7 nitrogen and oxygen atoms in total. The van der Waals surface area contributed by atoms with E-state index in [2.05, 4.69) is 10.3 Å². The van der Waals surface area contributed by atoms with Crippen LogP contribution in [0.15, 0.2) is 17.1 Å². The maximum absolute atomic E-state index is 13.8. The molecule has 1 aliphatic rings. The lowest BCUT2D eigenvalue weighted by molar-refractivity contribution is -0.140. The van der Waals surface area contributed by atoms with Gasteiger partial charge in [0.2, 0.25) is 6.23 Å². The Bertz CT molecular complexity index is 522. The summed E-state index contributed by atoms with van der Waals surface area (Å²) >= 11 is 0. The zero-order valence-corrected chi connectivity index (χ0v) is 9.96. The van der Waals surface area contributed by atoms with Crippen molar-refractivity contribution in [2.24, 2.45) is 0 Å². The SMILES string of the molecule is CNc1ccn([C@@H]2O[C@H](CO)[C@@H](O)C2(F)F)c(=O)n1. The highest BCUT2D eigenvalue weighted by Gasteiger charge is 2.59. The topological polar surface area (TPSA) is 96.6 Å². The maximum Gasteiger partial charge on any atom is 0.351 e. The average Bonchev–Trinajstić information content (AvgIpc) is 2.61. The Morgan fingerprint density at radius 1 is 1.63 bits per heavy atom. The summed E-state index contributed by atoms with van der Waals surface area (Å²) in [4.78, 5) is 15.1. The highest BCUT2D eigenvalue weighted by molar-refractivity contribution is 5.30. The standard InChI is InChI=1S/C10H13F2N3O4/c1-13-6-2-3-15(9(18)14-6)8-10(11,12)7(17)5(4-16)19-8/h2-3,5,7-8,16-17H,4H2,1H3,(H,13,14,18)/t5-,7-,8-/m1/s1. The minimum Gasteiger partial charge on any atom is -0.394 e. The molecule has 1 aliphatic heterocycles. The van der Waals surface area contributed by atoms with Crippen LogP contribution in [0, 0.1) is 0 Å². The van der Waals surface area contributed by atoms with E-state index in [1.54, 1.807) is 0 Å². The van der Waals surface area contributed by atoms with Gasteiger partial charge in [-0.1, -0.05) is 0 Å². The third kappa shape index (κ3) is 2.20. The number of ether oxygens (including phenoxy) is 1. The second kappa shape index (κ2) is 4.83. The van der Waals surface area contributed by atoms with Crippen molar-refractivity contribution in [3.63, 3.8) is 0 Å². The molecule has 0 saturated carbocycles. The van der Waals surface area contributed by atoms with E-state index in [1.807, 2.05) is 0 Å². The minimum atomic E-state index is -3.69. The number of alkyl halides is 2. The molecule has 0 amide bonds. The average molecular weight is 277 g/mol. The Balaban J connectivity index is 2.39. The first-order valence-corrected chi connectivity index (χ1v) is 5.51. The Morgan fingerprint density at radius 3 is 2.79 bits per heavy atom. The molecule has 3 N–H and O–H groups in total. The summed E-state index contributed by atoms with van der Waals surface area (Å²) in [6.45, 7) is -0.774. The molecule has 0 unspecified atom stereocenters. The Morgan fingerprint density at radius 2 is 2.32 bits per heavy atom. The molecule has 2 heterocycles. The monoisotopic (exact) mass is 277 g/mol. The molecule has 3 atom stereocenters. The van der Waals surface area contributed by atoms with Crippen molar-refractivity contribution in [1.82, 2.24) is 9.55 Å². The van der Waals surface area contributed by atoms with Gasteiger partial charge in [-0.3, -0.25) is 4.57 Å². The number of nitrogens with zero attached hydrogens (tertiary/aromatic N) is 2. The van der Waals surface area contributed by atoms with Gasteiger partial charge < -0.3 is 20.3 Å². The fraction of sp³-hybridized carbons (Fsp3) is 0.600. The summed E-state index contributed by atoms with van der Waals surface area (Å²) < 4.78 is 33.0. The van der Waals surface area contributed by atoms with Gasteiger partial charge in [-0.25, -0.2) is 4.79 Å². The highest BCUT2D eigenvalue weighted by Crippen LogP contribution is 2.41. The number of anilines is 1. The highest BCUT2D eigenvalue weighted by atomic mass is 19.3. The van der Waals surface area contributed by atoms with Gasteiger partial charge in [0.05, 0.1) is 6.61 Å². The summed E-state index contributed by atoms with van der Waals surface area (Å²) in [6, 6.07) is 1.32. The molecule has 2 rings (SSSR count). The molecule has 0 spiro atoms. The smallest absolute Gasteiger partial charge is 0.351 e. The predicted molar refractivity (Wildman–Crippen MR) is 60.0 cm³/mol. The molecule has 19 heavy (non-hydrogen) atoms. The molecule has 1 aromatic heterocycles. The van der Waals surface area contributed by atoms with Crippen LogP contribution in [-0.4, -0.2) is 51.5 Å². The molecule has 1 fully saturated rings. The normalized spacial score (nSPS) is 29.4. The van der Waals surface area contributed by atoms with Gasteiger partial charge in [-0.05, 0) is 6.07 Å². The van der Waals surface area contributed by atoms with Crippen molar-refractivity contribution in [3.8, 4) is 0 Å². The van der Waals surface area contributed by atoms with E-state index < -0.39 is 36.7 Å². The van der Waals surface area contributed by atoms with Crippen molar-refractivity contribution in [3.05, 3.63) is 22.7 Å². The molecular weight excluding hydrogens is 264 g/mol. The predicted octanol–water partition coefficient (Wildman–Crippen LogP) is -0.829. The van der Waals surface area contributed by atoms with E-state index in [9.17, 15) is 18.7 Å². The van der Waals surface area contributed by atoms with Crippen LogP contribution in [-0.2, 0) is 4.74 Å². The van der Waals surface area contributed by atoms with Crippen LogP contribution in [0.3, 0.4) is 0 Å². The summed E-state index contributed by atoms with van der Waals surface area (Å²) in [5.41, 5.74) is -0.942. The quantitative estimate of drug-likeness (QED) is 0.667. The van der Waals surface area contributed by atoms with Gasteiger partial charge in [0.1, 0.15) is 11.9 Å². The number of hydrogen-bond donors (Lipinski definition) is 3. The third-order valence-electron chi connectivity index (χ3n) is 2.90. The van der Waals surface area contributed by atoms with Crippen LogP contribution in [0.5, 0.6) is 0 Å². The zero-order valence-electron chi connectivity index (χ0n) is 9.96. The third-order valence-corrected chi connectivity index (χ3v) is 2.90. The van der Waals surface area contributed by atoms with Gasteiger partial charge in [-0.2, -0.15) is 13.8 Å². The molecule has 9 heteroatoms. The second-order valence-corrected chi connectivity index (χ2v) is 4.08. The van der Waals surface area contributed by atoms with Crippen molar-refractivity contribution >= 4 is 5.82 Å². The van der Waals surface area contributed by atoms with Gasteiger partial charge in [0.25, 0.3) is 0 Å². The van der Waals surface area contributed by atoms with E-state index in [1.165, 1.54) is 13.1 Å². The lowest BCUT2D eigenvalue weighted by atomic mass is 10.1. The lowest BCUT2D eigenvalue weighted by Gasteiger charge is -2.21. The van der Waals surface area contributed by atoms with Crippen LogP contribution in [0.25, 0.3) is 0 Å². The van der Waals surface area contributed by atoms with Crippen LogP contribution in [0.2, 0.25) is 0 Å². The molecule has 1 saturated heterocycles. The first-order chi connectivity index (χ1) is 8.91. The second-order valence-electron chi connectivity index (χ2n) is 4.08. The molecule has 0 radical (unpaired) electrons. The molecule has 0 aromatic carbocycles. The fourth-order valence-electron chi connectivity index (χ4n) is 1.85. The molecule has 1 aromatic rings. The van der Waals surface area contributed by atoms with E-state index in [0.717, 1.165) is 6.20 Å². The minimum absolute atomic E-state index is 0.224. The summed E-state index contributed by atoms with van der Waals surface area (Å²) in [6.07, 6.45) is -4.54. The van der Waals surface area contributed by atoms with Crippen molar-refractivity contribution in [1.29, 1.82) is 0 Å². The van der Waals surface area contributed by atoms with Crippen molar-refractivity contribution in [2.75, 3.05) is 19.0 Å². The summed E-state index contributed by atoms with van der Waals surface area (Å²) in [5, 5.41) is 20.8. The number of halogens is 2. The van der Waals surface area contributed by atoms with E-state index in [4.69, 9.17) is 9.84 Å². The Hall–Kier alpha value is -1.58. The van der Waals surface area contributed by atoms with Crippen LogP contribution in [0.1, 0.15) is 6.23 Å². The van der Waals surface area contributed by atoms with E-state index >= 15 is 0 Å². The Labute approximate surface area is 106 Å². The number of nitrogens with one attached hydrogen (secondary N) is 1. The zero-order chi connectivity index (χ0) is 14.2. The molecule has 106 valence electrons. The largest absolute Gasteiger partial charge is 0.394 e. The van der Waals surface area contributed by atoms with E-state index in [-0.39, 0.29) is 5.82 Å². The van der Waals surface area contributed by atoms with Crippen LogP contribution >= 0.6 is 0 Å². The van der Waals surface area contributed by atoms with Gasteiger partial charge >= 0.3 is 11.6 Å². The first kappa shape index (κ1) is 13.8. The fourth-order valence-corrected chi connectivity index (χ4v) is 1.85. The van der Waals surface area contributed by atoms with Crippen LogP contribution < -0.4 is 11.0 Å². The number of hydrogen-bond acceptors (Lipinski definition) is 6. The van der Waals surface area contributed by atoms with Gasteiger partial charge in [-0.15, -0.1) is 0 Å². The molecular formula is C10H13F2N3O4. The molecule has 0 bridgehead atoms. The Kier molecular flexibility index (Phi) is 3.52. The van der Waals surface area contributed by atoms with Crippen molar-refractivity contribution in [2.45, 2.75) is 24.4 Å². The summed E-state index contributed by atoms with van der Waals surface area (Å²) in [7, 11) is 1.53. The van der Waals surface area contributed by atoms with Gasteiger partial charge in [0, 0.05) is 13.2 Å². The van der Waals surface area contributed by atoms with E-state index in [0.29, 0.717) is 4.57 Å². The van der Waals surface area contributed by atoms with Crippen molar-refractivity contribution < 1.29 is 23.7 Å². The number of aliphatic hydroxyl groups excluding tert-OH is 2.